The van der Waals surface area contributed by atoms with Crippen LogP contribution in [-0.4, -0.2) is 35.3 Å². The molecule has 3 aromatic carbocycles. The molecule has 5 rings (SSSR count). The average molecular weight is 462 g/mol. The van der Waals surface area contributed by atoms with Crippen molar-refractivity contribution in [3.05, 3.63) is 93.4 Å². The first-order chi connectivity index (χ1) is 16.0. The average Bonchev–Trinajstić information content (AvgIpc) is 3.46. The van der Waals surface area contributed by atoms with Crippen LogP contribution in [0.25, 0.3) is 16.7 Å². The quantitative estimate of drug-likeness (QED) is 0.397. The lowest BCUT2D eigenvalue weighted by Gasteiger charge is -2.17. The van der Waals surface area contributed by atoms with Crippen LogP contribution in [0.2, 0.25) is 5.02 Å². The minimum absolute atomic E-state index is 0.162. The Hall–Kier alpha value is -3.51. The Balaban J connectivity index is 1.58. The number of carbonyl (C=O) groups is 1. The van der Waals surface area contributed by atoms with Crippen LogP contribution < -0.4 is 10.6 Å². The number of fused-ring (bicyclic) bond motifs is 1. The Bertz CT molecular complexity index is 1380. The normalized spacial score (nSPS) is 13.6. The van der Waals surface area contributed by atoms with E-state index in [0.29, 0.717) is 17.1 Å². The lowest BCUT2D eigenvalue weighted by molar-refractivity contribution is 0.0600. The van der Waals surface area contributed by atoms with Crippen molar-refractivity contribution in [1.29, 1.82) is 0 Å². The number of esters is 1. The molecule has 0 bridgehead atoms. The zero-order chi connectivity index (χ0) is 22.9. The highest BCUT2D eigenvalue weighted by Crippen LogP contribution is 2.25. The molecule has 4 aromatic rings. The molecule has 1 aromatic heterocycles. The molecule has 1 aliphatic heterocycles. The van der Waals surface area contributed by atoms with Gasteiger partial charge in [0, 0.05) is 23.8 Å². The lowest BCUT2D eigenvalue weighted by atomic mass is 10.1. The number of carbonyl (C=O) groups excluding carboxylic acids is 1. The second kappa shape index (κ2) is 8.79. The Kier molecular flexibility index (Phi) is 5.68. The highest BCUT2D eigenvalue weighted by atomic mass is 35.5. The summed E-state index contributed by atoms with van der Waals surface area (Å²) in [6.45, 7) is 2.46. The van der Waals surface area contributed by atoms with Crippen LogP contribution in [0.1, 0.15) is 28.8 Å². The molecule has 0 aliphatic carbocycles. The Morgan fingerprint density at radius 3 is 2.39 bits per heavy atom. The first-order valence-corrected chi connectivity index (χ1v) is 11.4. The van der Waals surface area contributed by atoms with Crippen molar-refractivity contribution in [2.24, 2.45) is 0 Å². The summed E-state index contributed by atoms with van der Waals surface area (Å²) in [5.41, 5.74) is 4.60. The smallest absolute Gasteiger partial charge is 0.337 e. The molecule has 0 unspecified atom stereocenters. The third-order valence-corrected chi connectivity index (χ3v) is 6.39. The molecule has 7 heteroatoms. The van der Waals surface area contributed by atoms with Crippen LogP contribution in [0.15, 0.2) is 71.5 Å². The molecule has 1 fully saturated rings. The number of hydrogen-bond acceptors (Lipinski definition) is 4. The molecule has 168 valence electrons. The second-order valence-corrected chi connectivity index (χ2v) is 8.68. The summed E-state index contributed by atoms with van der Waals surface area (Å²) >= 11 is 6.30. The van der Waals surface area contributed by atoms with Crippen LogP contribution in [0.3, 0.4) is 0 Å². The van der Waals surface area contributed by atoms with Gasteiger partial charge in [-0.05, 0) is 73.0 Å². The van der Waals surface area contributed by atoms with E-state index in [2.05, 4.69) is 17.0 Å². The maximum atomic E-state index is 13.6. The van der Waals surface area contributed by atoms with Crippen LogP contribution in [0.5, 0.6) is 0 Å². The Labute approximate surface area is 196 Å². The van der Waals surface area contributed by atoms with Gasteiger partial charge >= 0.3 is 11.7 Å². The summed E-state index contributed by atoms with van der Waals surface area (Å²) in [7, 11) is 1.35. The summed E-state index contributed by atoms with van der Waals surface area (Å²) in [4.78, 5) is 27.9. The van der Waals surface area contributed by atoms with Gasteiger partial charge in [0.1, 0.15) is 0 Å². The van der Waals surface area contributed by atoms with Gasteiger partial charge in [0.2, 0.25) is 0 Å². The van der Waals surface area contributed by atoms with Crippen LogP contribution in [-0.2, 0) is 11.3 Å². The number of hydrogen-bond donors (Lipinski definition) is 0. The molecule has 6 nitrogen and oxygen atoms in total. The number of anilines is 1. The number of methoxy groups -OCH3 is 1. The van der Waals surface area contributed by atoms with Gasteiger partial charge in [-0.25, -0.2) is 9.59 Å². The van der Waals surface area contributed by atoms with E-state index in [0.717, 1.165) is 35.4 Å². The van der Waals surface area contributed by atoms with Crippen LogP contribution >= 0.6 is 11.6 Å². The molecular formula is C26H24ClN3O3. The predicted octanol–water partition coefficient (Wildman–Crippen LogP) is 4.88. The molecule has 0 saturated carbocycles. The van der Waals surface area contributed by atoms with Crippen molar-refractivity contribution >= 4 is 34.3 Å². The van der Waals surface area contributed by atoms with E-state index in [1.807, 2.05) is 30.3 Å². The van der Waals surface area contributed by atoms with Gasteiger partial charge in [0.15, 0.2) is 0 Å². The number of imidazole rings is 1. The van der Waals surface area contributed by atoms with Crippen LogP contribution in [0, 0.1) is 0 Å². The largest absolute Gasteiger partial charge is 0.465 e. The first kappa shape index (κ1) is 21.3. The van der Waals surface area contributed by atoms with Gasteiger partial charge in [-0.3, -0.25) is 9.13 Å². The van der Waals surface area contributed by atoms with Gasteiger partial charge in [-0.1, -0.05) is 23.7 Å². The Morgan fingerprint density at radius 1 is 0.939 bits per heavy atom. The molecule has 1 saturated heterocycles. The van der Waals surface area contributed by atoms with E-state index >= 15 is 0 Å². The highest BCUT2D eigenvalue weighted by Gasteiger charge is 2.17. The van der Waals surface area contributed by atoms with E-state index in [1.54, 1.807) is 33.4 Å². The molecule has 0 radical (unpaired) electrons. The molecule has 2 heterocycles. The molecule has 0 amide bonds. The van der Waals surface area contributed by atoms with E-state index < -0.39 is 5.97 Å². The Morgan fingerprint density at radius 2 is 1.67 bits per heavy atom. The van der Waals surface area contributed by atoms with E-state index in [9.17, 15) is 9.59 Å². The zero-order valence-electron chi connectivity index (χ0n) is 18.3. The van der Waals surface area contributed by atoms with Crippen molar-refractivity contribution < 1.29 is 9.53 Å². The molecule has 1 aliphatic rings. The summed E-state index contributed by atoms with van der Waals surface area (Å²) in [6, 6.07) is 20.7. The highest BCUT2D eigenvalue weighted by molar-refractivity contribution is 6.31. The van der Waals surface area contributed by atoms with E-state index in [1.165, 1.54) is 25.6 Å². The maximum Gasteiger partial charge on any atom is 0.337 e. The summed E-state index contributed by atoms with van der Waals surface area (Å²) in [5.74, 6) is -0.406. The number of rotatable bonds is 5. The number of aromatic nitrogens is 2. The lowest BCUT2D eigenvalue weighted by Crippen LogP contribution is -2.24. The summed E-state index contributed by atoms with van der Waals surface area (Å²) < 4.78 is 8.23. The standard InChI is InChI=1S/C26H24ClN3O3/c1-33-25(31)19-6-4-5-18(15-19)17-29-23-12-7-20(27)16-24(23)30(26(29)32)22-10-8-21(9-11-22)28-13-2-3-14-28/h4-12,15-16H,2-3,13-14,17H2,1H3. The number of benzene rings is 3. The SMILES string of the molecule is COC(=O)c1cccc(Cn2c(=O)n(-c3ccc(N4CCCC4)cc3)c3cc(Cl)ccc32)c1. The molecule has 0 atom stereocenters. The monoisotopic (exact) mass is 461 g/mol. The molecule has 0 N–H and O–H groups in total. The third-order valence-electron chi connectivity index (χ3n) is 6.16. The van der Waals surface area contributed by atoms with Gasteiger partial charge in [0.05, 0.1) is 35.9 Å². The summed E-state index contributed by atoms with van der Waals surface area (Å²) in [5, 5.41) is 0.565. The molecular weight excluding hydrogens is 438 g/mol. The van der Waals surface area contributed by atoms with Crippen molar-refractivity contribution in [1.82, 2.24) is 9.13 Å². The van der Waals surface area contributed by atoms with Crippen molar-refractivity contribution in [2.45, 2.75) is 19.4 Å². The minimum Gasteiger partial charge on any atom is -0.465 e. The van der Waals surface area contributed by atoms with Crippen LogP contribution in [0.4, 0.5) is 5.69 Å². The van der Waals surface area contributed by atoms with Crippen molar-refractivity contribution in [3.8, 4) is 5.69 Å². The number of ether oxygens (including phenoxy) is 1. The molecule has 0 spiro atoms. The van der Waals surface area contributed by atoms with Gasteiger partial charge < -0.3 is 9.64 Å². The predicted molar refractivity (Wildman–Crippen MR) is 131 cm³/mol. The molecule has 33 heavy (non-hydrogen) atoms. The van der Waals surface area contributed by atoms with Crippen molar-refractivity contribution in [3.63, 3.8) is 0 Å². The first-order valence-electron chi connectivity index (χ1n) is 11.0. The minimum atomic E-state index is -0.406. The number of nitrogens with zero attached hydrogens (tertiary/aromatic N) is 3. The maximum absolute atomic E-state index is 13.6. The fourth-order valence-electron chi connectivity index (χ4n) is 4.52. The van der Waals surface area contributed by atoms with Gasteiger partial charge in [-0.15, -0.1) is 0 Å². The topological polar surface area (TPSA) is 56.5 Å². The summed E-state index contributed by atoms with van der Waals surface area (Å²) in [6.07, 6.45) is 2.43. The van der Waals surface area contributed by atoms with Gasteiger partial charge in [-0.2, -0.15) is 0 Å². The third kappa shape index (κ3) is 4.02. The van der Waals surface area contributed by atoms with E-state index in [-0.39, 0.29) is 5.69 Å². The van der Waals surface area contributed by atoms with Gasteiger partial charge in [0.25, 0.3) is 0 Å². The van der Waals surface area contributed by atoms with E-state index in [4.69, 9.17) is 16.3 Å². The number of halogens is 1. The second-order valence-electron chi connectivity index (χ2n) is 8.24. The fourth-order valence-corrected chi connectivity index (χ4v) is 4.68. The van der Waals surface area contributed by atoms with Crippen molar-refractivity contribution in [2.75, 3.05) is 25.1 Å². The fraction of sp³-hybridized carbons (Fsp3) is 0.231. The zero-order valence-corrected chi connectivity index (χ0v) is 19.1.